The molecule has 0 saturated heterocycles. The van der Waals surface area contributed by atoms with Crippen LogP contribution in [0.2, 0.25) is 0 Å². The number of ketones is 6. The molecule has 2 aromatic rings. The van der Waals surface area contributed by atoms with Crippen molar-refractivity contribution in [3.05, 3.63) is 48.2 Å². The molecule has 0 spiro atoms. The Labute approximate surface area is 532 Å². The second-order valence-electron chi connectivity index (χ2n) is 24.9. The molecule has 24 nitrogen and oxygen atoms in total. The number of amides is 6. The lowest BCUT2D eigenvalue weighted by atomic mass is 9.88. The highest BCUT2D eigenvalue weighted by Crippen LogP contribution is 2.23. The van der Waals surface area contributed by atoms with Gasteiger partial charge in [0.25, 0.3) is 0 Å². The second-order valence-corrected chi connectivity index (χ2v) is 24.9. The number of aromatic amines is 1. The Morgan fingerprint density at radius 2 is 1.38 bits per heavy atom. The highest BCUT2D eigenvalue weighted by atomic mass is 16.2. The Kier molecular flexibility index (Phi) is 35.9. The van der Waals surface area contributed by atoms with Crippen LogP contribution in [0.25, 0.3) is 10.9 Å². The number of para-hydroxylation sites is 1. The number of carbonyl (C=O) groups is 12. The Hall–Kier alpha value is -6.86. The van der Waals surface area contributed by atoms with Gasteiger partial charge in [-0.15, -0.1) is 0 Å². The van der Waals surface area contributed by atoms with Crippen LogP contribution in [-0.2, 0) is 64.0 Å². The average Bonchev–Trinajstić information content (AvgIpc) is 2.20. The van der Waals surface area contributed by atoms with Gasteiger partial charge < -0.3 is 54.1 Å². The third-order valence-corrected chi connectivity index (χ3v) is 16.5. The predicted molar refractivity (Wildman–Crippen MR) is 348 cm³/mol. The van der Waals surface area contributed by atoms with Gasteiger partial charge in [-0.3, -0.25) is 68.2 Å². The maximum absolute atomic E-state index is 14.7. The number of hydrogen-bond acceptors (Lipinski definition) is 17. The monoisotopic (exact) mass is 1260 g/mol. The molecule has 0 fully saturated rings. The topological polar surface area (TPSA) is 395 Å². The van der Waals surface area contributed by atoms with Crippen molar-refractivity contribution >= 4 is 81.0 Å². The zero-order valence-corrected chi connectivity index (χ0v) is 55.4. The van der Waals surface area contributed by atoms with E-state index in [1.165, 1.54) is 48.6 Å². The first-order valence-electron chi connectivity index (χ1n) is 32.3. The Morgan fingerprint density at radius 3 is 2.01 bits per heavy atom. The SMILES string of the molecule is CCCC[C@H](CNC(C)C(=O)C(=O)C(C)NC(=O)[C@]1(C)CCC/C=C/CCCCCCCC[C@@](C)(NCC(C)=O)C(=O)CN[C@@H](Cc2c[nH]c3ccccc23)C(=O)NC(C)C(=O)C(=O)[C@H](CCC(N)=O)NC[C@@H](CC(C)C)C(=O)N1)C(=O)N[C@@H](C)C(N)=O.CN. The van der Waals surface area contributed by atoms with Gasteiger partial charge in [0.2, 0.25) is 58.6 Å². The van der Waals surface area contributed by atoms with Crippen LogP contribution in [0.3, 0.4) is 0 Å². The van der Waals surface area contributed by atoms with Crippen LogP contribution in [-0.4, -0.2) is 156 Å². The summed E-state index contributed by atoms with van der Waals surface area (Å²) in [6.07, 6.45) is 15.1. The fourth-order valence-corrected chi connectivity index (χ4v) is 10.7. The lowest BCUT2D eigenvalue weighted by Gasteiger charge is -2.33. The molecular formula is C66H108N12O12. The molecule has 1 aromatic heterocycles. The Balaban J connectivity index is 0.0000137. The molecule has 1 aliphatic heterocycles. The molecule has 0 saturated carbocycles. The summed E-state index contributed by atoms with van der Waals surface area (Å²) in [5.74, 6) is -9.78. The van der Waals surface area contributed by atoms with E-state index in [2.05, 4.69) is 59.3 Å². The molecule has 504 valence electrons. The smallest absolute Gasteiger partial charge is 0.246 e. The van der Waals surface area contributed by atoms with Crippen molar-refractivity contribution in [2.75, 3.05) is 33.2 Å². The number of rotatable bonds is 24. The van der Waals surface area contributed by atoms with Crippen molar-refractivity contribution in [1.29, 1.82) is 0 Å². The van der Waals surface area contributed by atoms with Crippen LogP contribution in [0.5, 0.6) is 0 Å². The van der Waals surface area contributed by atoms with E-state index >= 15 is 0 Å². The molecule has 1 aliphatic rings. The second kappa shape index (κ2) is 40.8. The number of benzene rings is 1. The van der Waals surface area contributed by atoms with Crippen LogP contribution in [0.4, 0.5) is 0 Å². The highest BCUT2D eigenvalue weighted by molar-refractivity contribution is 6.41. The van der Waals surface area contributed by atoms with E-state index in [1.54, 1.807) is 13.1 Å². The standard InChI is InChI=1S/C65H103N11O12.CH5N/c1-11-12-26-46(60(85)74-45(8)59(67)84)36-68-42(5)55(80)56(81)44(7)75-63(88)65(10)32-25-21-19-17-15-13-14-16-18-20-24-31-64(9,72-35-41(4)77)53(78)39-71-52(34-47-37-69-50-28-23-22-27-49(47)50)62(87)73-43(6)57(82)58(83)51(29-30-54(66)79)70-38-48(33-40(2)3)61(86)76-65;1-2/h17,19,22-23,27-28,37,40,42-46,48,51-52,68-72H,11-16,18,20-21,24-26,29-36,38-39H2,1-10H3,(H2,66,79)(H2,67,84)(H,73,87)(H,74,85)(H,75,88)(H,76,86);2H2,1H3/b19-17+;/t42?,43?,44?,45-,46+,48+,51-,52-,64+,65-;/m0./s1. The van der Waals surface area contributed by atoms with Gasteiger partial charge in [0.1, 0.15) is 17.4 Å². The first-order chi connectivity index (χ1) is 42.5. The number of aromatic nitrogens is 1. The molecule has 1 aromatic carbocycles. The van der Waals surface area contributed by atoms with E-state index in [-0.39, 0.29) is 75.8 Å². The summed E-state index contributed by atoms with van der Waals surface area (Å²) in [4.78, 5) is 166. The number of carbonyl (C=O) groups excluding carboxylic acids is 12. The van der Waals surface area contributed by atoms with E-state index < -0.39 is 118 Å². The predicted octanol–water partition coefficient (Wildman–Crippen LogP) is 3.43. The van der Waals surface area contributed by atoms with Gasteiger partial charge in [-0.05, 0) is 137 Å². The molecular weight excluding hydrogens is 1150 g/mol. The Bertz CT molecular complexity index is 2750. The summed E-state index contributed by atoms with van der Waals surface area (Å²) in [6.45, 7) is 15.6. The lowest BCUT2D eigenvalue weighted by molar-refractivity contribution is -0.141. The molecule has 24 heteroatoms. The molecule has 3 unspecified atom stereocenters. The third kappa shape index (κ3) is 27.3. The van der Waals surface area contributed by atoms with Crippen molar-refractivity contribution in [3.8, 4) is 0 Å². The molecule has 2 heterocycles. The number of H-pyrrole nitrogens is 1. The van der Waals surface area contributed by atoms with E-state index in [9.17, 15) is 57.5 Å². The maximum atomic E-state index is 14.7. The molecule has 10 atom stereocenters. The normalized spacial score (nSPS) is 23.7. The summed E-state index contributed by atoms with van der Waals surface area (Å²) in [7, 11) is 1.50. The summed E-state index contributed by atoms with van der Waals surface area (Å²) in [6, 6.07) is 0.313. The number of primary amides is 2. The minimum atomic E-state index is -1.65. The summed E-state index contributed by atoms with van der Waals surface area (Å²) < 4.78 is 0. The molecule has 6 amide bonds. The van der Waals surface area contributed by atoms with Gasteiger partial charge in [-0.25, -0.2) is 0 Å². The van der Waals surface area contributed by atoms with Crippen molar-refractivity contribution in [1.82, 2.24) is 47.5 Å². The number of fused-ring (bicyclic) bond motifs is 1. The first kappa shape index (κ1) is 79.2. The van der Waals surface area contributed by atoms with Gasteiger partial charge in [0.15, 0.2) is 5.78 Å². The van der Waals surface area contributed by atoms with Crippen LogP contribution in [0.1, 0.15) is 184 Å². The zero-order chi connectivity index (χ0) is 67.7. The zero-order valence-electron chi connectivity index (χ0n) is 55.4. The highest BCUT2D eigenvalue weighted by Gasteiger charge is 2.40. The summed E-state index contributed by atoms with van der Waals surface area (Å²) in [5, 5.41) is 24.0. The molecule has 0 bridgehead atoms. The maximum Gasteiger partial charge on any atom is 0.246 e. The van der Waals surface area contributed by atoms with Crippen molar-refractivity contribution < 1.29 is 57.5 Å². The molecule has 0 radical (unpaired) electrons. The number of Topliss-reactive ketones (excluding diaryl/α,β-unsaturated/α-hetero) is 6. The van der Waals surface area contributed by atoms with Crippen LogP contribution < -0.4 is 59.7 Å². The van der Waals surface area contributed by atoms with Crippen LogP contribution in [0.15, 0.2) is 42.6 Å². The number of unbranched alkanes of at least 4 members (excludes halogenated alkanes) is 1. The van der Waals surface area contributed by atoms with Gasteiger partial charge >= 0.3 is 0 Å². The van der Waals surface area contributed by atoms with Crippen molar-refractivity contribution in [2.24, 2.45) is 35.0 Å². The van der Waals surface area contributed by atoms with Crippen LogP contribution >= 0.6 is 0 Å². The van der Waals surface area contributed by atoms with Crippen molar-refractivity contribution in [2.45, 2.75) is 232 Å². The number of nitrogens with two attached hydrogens (primary N) is 3. The number of hydrogen-bond donors (Lipinski definition) is 12. The van der Waals surface area contributed by atoms with E-state index in [4.69, 9.17) is 11.5 Å². The largest absolute Gasteiger partial charge is 0.370 e. The summed E-state index contributed by atoms with van der Waals surface area (Å²) in [5.41, 5.74) is 14.2. The van der Waals surface area contributed by atoms with Gasteiger partial charge in [0, 0.05) is 36.6 Å². The van der Waals surface area contributed by atoms with E-state index in [0.717, 1.165) is 61.4 Å². The quantitative estimate of drug-likeness (QED) is 0.0529. The lowest BCUT2D eigenvalue weighted by Crippen LogP contribution is -2.61. The fraction of sp³-hybridized carbons (Fsp3) is 0.667. The van der Waals surface area contributed by atoms with E-state index in [1.807, 2.05) is 51.1 Å². The Morgan fingerprint density at radius 1 is 0.744 bits per heavy atom. The fourth-order valence-electron chi connectivity index (χ4n) is 10.7. The van der Waals surface area contributed by atoms with E-state index in [0.29, 0.717) is 38.5 Å². The summed E-state index contributed by atoms with van der Waals surface area (Å²) >= 11 is 0. The first-order valence-corrected chi connectivity index (χ1v) is 32.3. The van der Waals surface area contributed by atoms with Gasteiger partial charge in [-0.2, -0.15) is 0 Å². The van der Waals surface area contributed by atoms with Gasteiger partial charge in [0.05, 0.1) is 60.7 Å². The molecule has 90 heavy (non-hydrogen) atoms. The molecule has 3 rings (SSSR count). The average molecular weight is 1260 g/mol. The minimum absolute atomic E-state index is 0.0109. The number of allylic oxidation sites excluding steroid dienone is 2. The van der Waals surface area contributed by atoms with Gasteiger partial charge in [-0.1, -0.05) is 96.1 Å². The minimum Gasteiger partial charge on any atom is -0.370 e. The van der Waals surface area contributed by atoms with Crippen LogP contribution in [0, 0.1) is 17.8 Å². The van der Waals surface area contributed by atoms with Crippen molar-refractivity contribution in [3.63, 3.8) is 0 Å². The molecule has 0 aliphatic carbocycles. The molecule has 15 N–H and O–H groups in total. The third-order valence-electron chi connectivity index (χ3n) is 16.5. The number of nitrogens with one attached hydrogen (secondary N) is 9.